The summed E-state index contributed by atoms with van der Waals surface area (Å²) in [7, 11) is -4.12. The van der Waals surface area contributed by atoms with Crippen LogP contribution in [-0.2, 0) is 19.4 Å². The van der Waals surface area contributed by atoms with Crippen LogP contribution in [0.2, 0.25) is 0 Å². The highest BCUT2D eigenvalue weighted by Crippen LogP contribution is 2.22. The lowest BCUT2D eigenvalue weighted by Gasteiger charge is -2.19. The molecule has 8 heteroatoms. The molecule has 0 aromatic heterocycles. The molecule has 1 rings (SSSR count). The zero-order valence-corrected chi connectivity index (χ0v) is 13.3. The number of carboxylic acid groups (broad SMARTS) is 1. The highest BCUT2D eigenvalue weighted by atomic mass is 79.9. The average Bonchev–Trinajstić information content (AvgIpc) is 2.31. The molecule has 20 heavy (non-hydrogen) atoms. The Morgan fingerprint density at radius 2 is 1.85 bits per heavy atom. The molecule has 1 aromatic rings. The van der Waals surface area contributed by atoms with Gasteiger partial charge >= 0.3 is 5.97 Å². The highest BCUT2D eigenvalue weighted by Gasteiger charge is 2.42. The first-order valence-corrected chi connectivity index (χ1v) is 8.02. The molecule has 6 nitrogen and oxygen atoms in total. The number of carbonyl (C=O) groups is 2. The van der Waals surface area contributed by atoms with Crippen LogP contribution in [0.5, 0.6) is 0 Å². The van der Waals surface area contributed by atoms with E-state index < -0.39 is 32.2 Å². The Balaban J connectivity index is 2.87. The Morgan fingerprint density at radius 3 is 2.35 bits per heavy atom. The van der Waals surface area contributed by atoms with Gasteiger partial charge in [-0.25, -0.2) is 8.42 Å². The van der Waals surface area contributed by atoms with Gasteiger partial charge in [0.05, 0.1) is 5.69 Å². The monoisotopic (exact) mass is 363 g/mol. The van der Waals surface area contributed by atoms with Crippen LogP contribution >= 0.6 is 15.9 Å². The number of benzene rings is 1. The smallest absolute Gasteiger partial charge is 0.324 e. The van der Waals surface area contributed by atoms with E-state index in [1.165, 1.54) is 0 Å². The van der Waals surface area contributed by atoms with E-state index in [0.29, 0.717) is 10.2 Å². The zero-order chi connectivity index (χ0) is 15.6. The standard InChI is InChI=1S/C12H14BrNO5S/c1-12(2,11(16)17)20(18,19)7-10(15)14-9-6-4-3-5-8(9)13/h3-6H,7H2,1-2H3,(H,14,15)(H,16,17). The van der Waals surface area contributed by atoms with Crippen molar-refractivity contribution in [3.63, 3.8) is 0 Å². The van der Waals surface area contributed by atoms with E-state index in [1.807, 2.05) is 0 Å². The first-order valence-electron chi connectivity index (χ1n) is 5.58. The van der Waals surface area contributed by atoms with Crippen LogP contribution in [-0.4, -0.2) is 35.9 Å². The summed E-state index contributed by atoms with van der Waals surface area (Å²) in [5, 5.41) is 11.3. The van der Waals surface area contributed by atoms with E-state index in [9.17, 15) is 18.0 Å². The normalized spacial score (nSPS) is 11.9. The molecule has 0 atom stereocenters. The third-order valence-corrected chi connectivity index (χ3v) is 5.82. The number of halogens is 1. The minimum atomic E-state index is -4.12. The summed E-state index contributed by atoms with van der Waals surface area (Å²) < 4.78 is 22.4. The Hall–Kier alpha value is -1.41. The van der Waals surface area contributed by atoms with Crippen molar-refractivity contribution >= 4 is 43.3 Å². The van der Waals surface area contributed by atoms with Crippen LogP contribution in [0.15, 0.2) is 28.7 Å². The van der Waals surface area contributed by atoms with Crippen molar-refractivity contribution in [2.45, 2.75) is 18.6 Å². The number of amides is 1. The van der Waals surface area contributed by atoms with Gasteiger partial charge in [-0.05, 0) is 41.9 Å². The van der Waals surface area contributed by atoms with Crippen LogP contribution in [0, 0.1) is 0 Å². The maximum atomic E-state index is 11.9. The van der Waals surface area contributed by atoms with Crippen LogP contribution in [0.4, 0.5) is 5.69 Å². The first-order chi connectivity index (χ1) is 9.08. The van der Waals surface area contributed by atoms with Gasteiger partial charge in [-0.1, -0.05) is 12.1 Å². The fourth-order valence-electron chi connectivity index (χ4n) is 1.23. The molecule has 0 aliphatic rings. The highest BCUT2D eigenvalue weighted by molar-refractivity contribution is 9.10. The zero-order valence-electron chi connectivity index (χ0n) is 10.9. The molecule has 0 radical (unpaired) electrons. The average molecular weight is 364 g/mol. The van der Waals surface area contributed by atoms with E-state index in [4.69, 9.17) is 5.11 Å². The second-order valence-electron chi connectivity index (χ2n) is 4.60. The third-order valence-electron chi connectivity index (χ3n) is 2.76. The molecule has 0 saturated heterocycles. The number of para-hydroxylation sites is 1. The third kappa shape index (κ3) is 3.57. The SMILES string of the molecule is CC(C)(C(=O)O)S(=O)(=O)CC(=O)Nc1ccccc1Br. The Kier molecular flexibility index (Phi) is 4.93. The van der Waals surface area contributed by atoms with Crippen molar-refractivity contribution in [2.24, 2.45) is 0 Å². The molecule has 0 saturated carbocycles. The number of carboxylic acids is 1. The number of rotatable bonds is 5. The van der Waals surface area contributed by atoms with E-state index >= 15 is 0 Å². The van der Waals surface area contributed by atoms with Gasteiger partial charge in [-0.3, -0.25) is 9.59 Å². The lowest BCUT2D eigenvalue weighted by Crippen LogP contribution is -2.44. The van der Waals surface area contributed by atoms with Crippen molar-refractivity contribution in [1.29, 1.82) is 0 Å². The molecule has 1 amide bonds. The maximum absolute atomic E-state index is 11.9. The number of aliphatic carboxylic acids is 1. The van der Waals surface area contributed by atoms with Crippen molar-refractivity contribution in [2.75, 3.05) is 11.1 Å². The van der Waals surface area contributed by atoms with Gasteiger partial charge in [0.15, 0.2) is 14.6 Å². The number of nitrogens with one attached hydrogen (secondary N) is 1. The summed E-state index contributed by atoms with van der Waals surface area (Å²) in [6, 6.07) is 6.70. The second kappa shape index (κ2) is 5.92. The van der Waals surface area contributed by atoms with Crippen molar-refractivity contribution in [3.8, 4) is 0 Å². The van der Waals surface area contributed by atoms with Crippen LogP contribution < -0.4 is 5.32 Å². The fraction of sp³-hybridized carbons (Fsp3) is 0.333. The Labute approximate surface area is 125 Å². The van der Waals surface area contributed by atoms with Crippen molar-refractivity contribution in [1.82, 2.24) is 0 Å². The van der Waals surface area contributed by atoms with E-state index in [-0.39, 0.29) is 0 Å². The summed E-state index contributed by atoms with van der Waals surface area (Å²) in [5.41, 5.74) is 0.417. The number of anilines is 1. The summed E-state index contributed by atoms with van der Waals surface area (Å²) in [4.78, 5) is 22.7. The largest absolute Gasteiger partial charge is 0.480 e. The minimum absolute atomic E-state index is 0.417. The molecule has 2 N–H and O–H groups in total. The van der Waals surface area contributed by atoms with Crippen LogP contribution in [0.1, 0.15) is 13.8 Å². The first kappa shape index (κ1) is 16.6. The molecule has 0 aliphatic carbocycles. The summed E-state index contributed by atoms with van der Waals surface area (Å²) in [6.45, 7) is 2.10. The van der Waals surface area contributed by atoms with Gasteiger partial charge < -0.3 is 10.4 Å². The Bertz CT molecular complexity index is 639. The molecule has 110 valence electrons. The summed E-state index contributed by atoms with van der Waals surface area (Å²) in [6.07, 6.45) is 0. The second-order valence-corrected chi connectivity index (χ2v) is 8.00. The minimum Gasteiger partial charge on any atom is -0.480 e. The molecule has 0 unspecified atom stereocenters. The summed E-state index contributed by atoms with van der Waals surface area (Å²) >= 11 is 3.21. The van der Waals surface area contributed by atoms with Crippen molar-refractivity contribution in [3.05, 3.63) is 28.7 Å². The predicted molar refractivity (Wildman–Crippen MR) is 78.3 cm³/mol. The quantitative estimate of drug-likeness (QED) is 0.828. The number of sulfone groups is 1. The molecule has 0 aliphatic heterocycles. The van der Waals surface area contributed by atoms with E-state index in [2.05, 4.69) is 21.2 Å². The number of hydrogen-bond donors (Lipinski definition) is 2. The number of carbonyl (C=O) groups excluding carboxylic acids is 1. The van der Waals surface area contributed by atoms with E-state index in [1.54, 1.807) is 24.3 Å². The van der Waals surface area contributed by atoms with Crippen LogP contribution in [0.3, 0.4) is 0 Å². The van der Waals surface area contributed by atoms with Gasteiger partial charge in [0.25, 0.3) is 0 Å². The molecule has 1 aromatic carbocycles. The van der Waals surface area contributed by atoms with Crippen molar-refractivity contribution < 1.29 is 23.1 Å². The van der Waals surface area contributed by atoms with Gasteiger partial charge in [-0.2, -0.15) is 0 Å². The molecule has 0 fully saturated rings. The topological polar surface area (TPSA) is 101 Å². The number of hydrogen-bond acceptors (Lipinski definition) is 4. The predicted octanol–water partition coefficient (Wildman–Crippen LogP) is 1.67. The molecule has 0 bridgehead atoms. The lowest BCUT2D eigenvalue weighted by molar-refractivity contribution is -0.139. The Morgan fingerprint density at radius 1 is 1.30 bits per heavy atom. The van der Waals surface area contributed by atoms with Gasteiger partial charge in [0.1, 0.15) is 5.75 Å². The molecular formula is C12H14BrNO5S. The summed E-state index contributed by atoms with van der Waals surface area (Å²) in [5.74, 6) is -3.18. The molecule has 0 heterocycles. The lowest BCUT2D eigenvalue weighted by atomic mass is 10.2. The maximum Gasteiger partial charge on any atom is 0.324 e. The van der Waals surface area contributed by atoms with Gasteiger partial charge in [0, 0.05) is 4.47 Å². The van der Waals surface area contributed by atoms with Crippen LogP contribution in [0.25, 0.3) is 0 Å². The van der Waals surface area contributed by atoms with Gasteiger partial charge in [-0.15, -0.1) is 0 Å². The molecular weight excluding hydrogens is 350 g/mol. The fourth-order valence-corrected chi connectivity index (χ4v) is 2.66. The van der Waals surface area contributed by atoms with E-state index in [0.717, 1.165) is 13.8 Å². The van der Waals surface area contributed by atoms with Gasteiger partial charge in [0.2, 0.25) is 5.91 Å². The molecule has 0 spiro atoms.